The number of aryl methyl sites for hydroxylation is 4. The number of hydrogen-bond donors (Lipinski definition) is 0. The minimum Gasteiger partial charge on any atom is -0.0614 e. The van der Waals surface area contributed by atoms with Crippen molar-refractivity contribution in [2.24, 2.45) is 0 Å². The Hall–Kier alpha value is -3.38. The summed E-state index contributed by atoms with van der Waals surface area (Å²) in [4.78, 5) is 0. The van der Waals surface area contributed by atoms with E-state index in [9.17, 15) is 0 Å². The number of benzene rings is 4. The van der Waals surface area contributed by atoms with Crippen molar-refractivity contribution >= 4 is 5.57 Å². The molecule has 0 amide bonds. The van der Waals surface area contributed by atoms with Crippen LogP contribution in [0.1, 0.15) is 51.4 Å². The van der Waals surface area contributed by atoms with Crippen molar-refractivity contribution in [1.29, 1.82) is 0 Å². The molecule has 0 aromatic heterocycles. The largest absolute Gasteiger partial charge is 0.0614 e. The van der Waals surface area contributed by atoms with Crippen molar-refractivity contribution in [1.82, 2.24) is 0 Å². The highest BCUT2D eigenvalue weighted by Crippen LogP contribution is 2.38. The highest BCUT2D eigenvalue weighted by molar-refractivity contribution is 5.81. The number of hydrogen-bond acceptors (Lipinski definition) is 0. The first-order valence-corrected chi connectivity index (χ1v) is 11.4. The lowest BCUT2D eigenvalue weighted by molar-refractivity contribution is 0.724. The monoisotopic (exact) mass is 416 g/mol. The molecule has 0 unspecified atom stereocenters. The molecule has 0 heteroatoms. The summed E-state index contributed by atoms with van der Waals surface area (Å²) in [7, 11) is 0. The smallest absolute Gasteiger partial charge is 0.0362 e. The Morgan fingerprint density at radius 3 is 1.06 bits per heavy atom. The summed E-state index contributed by atoms with van der Waals surface area (Å²) < 4.78 is 0. The van der Waals surface area contributed by atoms with Gasteiger partial charge in [-0.2, -0.15) is 0 Å². The molecule has 0 nitrogen and oxygen atoms in total. The van der Waals surface area contributed by atoms with E-state index in [-0.39, 0.29) is 5.41 Å². The Balaban J connectivity index is 1.98. The van der Waals surface area contributed by atoms with Crippen LogP contribution in [0.3, 0.4) is 0 Å². The molecule has 4 rings (SSSR count). The summed E-state index contributed by atoms with van der Waals surface area (Å²) >= 11 is 0. The maximum absolute atomic E-state index is 2.46. The summed E-state index contributed by atoms with van der Waals surface area (Å²) in [5, 5.41) is 0. The average Bonchev–Trinajstić information content (AvgIpc) is 2.79. The Morgan fingerprint density at radius 2 is 0.750 bits per heavy atom. The minimum absolute atomic E-state index is 0.271. The van der Waals surface area contributed by atoms with E-state index in [4.69, 9.17) is 0 Å². The zero-order valence-electron chi connectivity index (χ0n) is 19.8. The number of allylic oxidation sites excluding steroid dienone is 1. The van der Waals surface area contributed by atoms with E-state index in [1.54, 1.807) is 0 Å². The first-order valence-electron chi connectivity index (χ1n) is 11.4. The maximum atomic E-state index is 2.46. The standard InChI is InChI=1S/C32H32/c1-23-6-14-27(15-7-23)31(28-16-8-24(2)9-17-28)22-32(5,29-18-10-25(3)11-19-29)30-20-12-26(4)13-21-30/h6-22H,1-5H3. The molecule has 0 fully saturated rings. The lowest BCUT2D eigenvalue weighted by Gasteiger charge is -2.30. The highest BCUT2D eigenvalue weighted by atomic mass is 14.3. The van der Waals surface area contributed by atoms with E-state index in [2.05, 4.69) is 138 Å². The molecule has 0 atom stereocenters. The average molecular weight is 417 g/mol. The number of rotatable bonds is 5. The Labute approximate surface area is 193 Å². The normalized spacial score (nSPS) is 11.3. The zero-order valence-corrected chi connectivity index (χ0v) is 19.8. The van der Waals surface area contributed by atoms with E-state index in [1.165, 1.54) is 50.1 Å². The van der Waals surface area contributed by atoms with Crippen LogP contribution in [0.5, 0.6) is 0 Å². The third-order valence-electron chi connectivity index (χ3n) is 6.46. The van der Waals surface area contributed by atoms with E-state index in [1.807, 2.05) is 0 Å². The molecule has 0 saturated heterocycles. The van der Waals surface area contributed by atoms with Gasteiger partial charge in [0.05, 0.1) is 0 Å². The third kappa shape index (κ3) is 4.60. The van der Waals surface area contributed by atoms with Crippen molar-refractivity contribution in [3.63, 3.8) is 0 Å². The van der Waals surface area contributed by atoms with Crippen molar-refractivity contribution in [2.45, 2.75) is 40.0 Å². The molecule has 160 valence electrons. The molecule has 4 aromatic rings. The van der Waals surface area contributed by atoms with Crippen molar-refractivity contribution in [2.75, 3.05) is 0 Å². The maximum Gasteiger partial charge on any atom is 0.0362 e. The summed E-state index contributed by atoms with van der Waals surface area (Å²) in [6.07, 6.45) is 2.46. The van der Waals surface area contributed by atoms with Crippen molar-refractivity contribution in [3.05, 3.63) is 148 Å². The van der Waals surface area contributed by atoms with Gasteiger partial charge in [-0.1, -0.05) is 125 Å². The van der Waals surface area contributed by atoms with Gasteiger partial charge in [-0.25, -0.2) is 0 Å². The van der Waals surface area contributed by atoms with Crippen molar-refractivity contribution < 1.29 is 0 Å². The second kappa shape index (κ2) is 9.01. The molecule has 0 aliphatic heterocycles. The third-order valence-corrected chi connectivity index (χ3v) is 6.46. The van der Waals surface area contributed by atoms with Gasteiger partial charge in [0.1, 0.15) is 0 Å². The second-order valence-electron chi connectivity index (χ2n) is 9.22. The second-order valence-corrected chi connectivity index (χ2v) is 9.22. The molecule has 0 spiro atoms. The van der Waals surface area contributed by atoms with Gasteiger partial charge in [0.2, 0.25) is 0 Å². The SMILES string of the molecule is Cc1ccc(C(=CC(C)(c2ccc(C)cc2)c2ccc(C)cc2)c2ccc(C)cc2)cc1. The van der Waals surface area contributed by atoms with Crippen LogP contribution in [-0.2, 0) is 5.41 Å². The van der Waals surface area contributed by atoms with Crippen LogP contribution in [0.4, 0.5) is 0 Å². The van der Waals surface area contributed by atoms with Crippen LogP contribution >= 0.6 is 0 Å². The van der Waals surface area contributed by atoms with Gasteiger partial charge >= 0.3 is 0 Å². The predicted molar refractivity (Wildman–Crippen MR) is 138 cm³/mol. The quantitative estimate of drug-likeness (QED) is 0.306. The lowest BCUT2D eigenvalue weighted by Crippen LogP contribution is -2.21. The molecule has 32 heavy (non-hydrogen) atoms. The van der Waals surface area contributed by atoms with Crippen LogP contribution in [-0.4, -0.2) is 0 Å². The van der Waals surface area contributed by atoms with Gasteiger partial charge in [-0.15, -0.1) is 0 Å². The fourth-order valence-electron chi connectivity index (χ4n) is 4.22. The van der Waals surface area contributed by atoms with Crippen molar-refractivity contribution in [3.8, 4) is 0 Å². The summed E-state index contributed by atoms with van der Waals surface area (Å²) in [6, 6.07) is 35.7. The van der Waals surface area contributed by atoms with Crippen LogP contribution < -0.4 is 0 Å². The van der Waals surface area contributed by atoms with E-state index < -0.39 is 0 Å². The molecule has 0 aliphatic rings. The van der Waals surface area contributed by atoms with Crippen LogP contribution in [0.15, 0.2) is 103 Å². The Morgan fingerprint density at radius 1 is 0.469 bits per heavy atom. The molecule has 0 aliphatic carbocycles. The topological polar surface area (TPSA) is 0 Å². The first-order chi connectivity index (χ1) is 15.3. The molecule has 0 N–H and O–H groups in total. The molecule has 0 radical (unpaired) electrons. The molecule has 4 aromatic carbocycles. The van der Waals surface area contributed by atoms with E-state index in [0.717, 1.165) is 0 Å². The first kappa shape index (κ1) is 21.8. The van der Waals surface area contributed by atoms with Gasteiger partial charge in [0, 0.05) is 5.41 Å². The Bertz CT molecular complexity index is 1110. The molecule has 0 saturated carbocycles. The van der Waals surface area contributed by atoms with Gasteiger partial charge in [0.25, 0.3) is 0 Å². The minimum atomic E-state index is -0.271. The predicted octanol–water partition coefficient (Wildman–Crippen LogP) is 8.36. The summed E-state index contributed by atoms with van der Waals surface area (Å²) in [5.41, 5.74) is 11.2. The molecular weight excluding hydrogens is 384 g/mol. The summed E-state index contributed by atoms with van der Waals surface area (Å²) in [5.74, 6) is 0. The van der Waals surface area contributed by atoms with E-state index >= 15 is 0 Å². The van der Waals surface area contributed by atoms with Gasteiger partial charge in [0.15, 0.2) is 0 Å². The fourth-order valence-corrected chi connectivity index (χ4v) is 4.22. The highest BCUT2D eigenvalue weighted by Gasteiger charge is 2.28. The lowest BCUT2D eigenvalue weighted by atomic mass is 9.73. The van der Waals surface area contributed by atoms with Gasteiger partial charge in [-0.05, 0) is 62.4 Å². The van der Waals surface area contributed by atoms with Crippen LogP contribution in [0, 0.1) is 27.7 Å². The van der Waals surface area contributed by atoms with Crippen LogP contribution in [0.2, 0.25) is 0 Å². The Kier molecular flexibility index (Phi) is 6.15. The zero-order chi connectivity index (χ0) is 22.7. The fraction of sp³-hybridized carbons (Fsp3) is 0.188. The molecular formula is C32H32. The van der Waals surface area contributed by atoms with Gasteiger partial charge < -0.3 is 0 Å². The molecule has 0 bridgehead atoms. The van der Waals surface area contributed by atoms with Gasteiger partial charge in [-0.3, -0.25) is 0 Å². The summed E-state index contributed by atoms with van der Waals surface area (Å²) in [6.45, 7) is 10.9. The van der Waals surface area contributed by atoms with Crippen LogP contribution in [0.25, 0.3) is 5.57 Å². The van der Waals surface area contributed by atoms with E-state index in [0.29, 0.717) is 0 Å². The molecule has 0 heterocycles.